The Morgan fingerprint density at radius 2 is 2.03 bits per heavy atom. The lowest BCUT2D eigenvalue weighted by Gasteiger charge is -2.36. The van der Waals surface area contributed by atoms with E-state index in [0.29, 0.717) is 53.7 Å². The monoisotopic (exact) mass is 509 g/mol. The summed E-state index contributed by atoms with van der Waals surface area (Å²) in [5.74, 6) is 0.773. The standard InChI is InChI=1S/C27H30ClN4O4/c1-17-5-11-22(16-29-17)36-25-20(15-19-6-9-21(28)10-7-19)8-12-23-24(30-25)32(3,4)27(35)31(26(23)34)14-13-18(2)33/h5-6,9,11,16,18,20,33H,8,12-15H2,1-4H3/q+1. The number of amides is 3. The molecule has 0 saturated carbocycles. The van der Waals surface area contributed by atoms with E-state index in [1.54, 1.807) is 33.3 Å². The highest BCUT2D eigenvalue weighted by Gasteiger charge is 2.49. The molecule has 188 valence electrons. The number of pyridine rings is 1. The number of aryl methyl sites for hydroxylation is 1. The van der Waals surface area contributed by atoms with E-state index in [9.17, 15) is 14.7 Å². The van der Waals surface area contributed by atoms with Crippen LogP contribution in [0.15, 0.2) is 46.8 Å². The first-order valence-corrected chi connectivity index (χ1v) is 12.3. The summed E-state index contributed by atoms with van der Waals surface area (Å²) in [6, 6.07) is 12.9. The zero-order valence-corrected chi connectivity index (χ0v) is 21.7. The second-order valence-electron chi connectivity index (χ2n) is 9.72. The number of halogens is 1. The van der Waals surface area contributed by atoms with E-state index in [4.69, 9.17) is 21.3 Å². The molecule has 0 bridgehead atoms. The Kier molecular flexibility index (Phi) is 7.46. The summed E-state index contributed by atoms with van der Waals surface area (Å²) in [6.45, 7) is 3.68. The van der Waals surface area contributed by atoms with Crippen molar-refractivity contribution in [1.82, 2.24) is 9.88 Å². The molecule has 2 unspecified atom stereocenters. The number of quaternary nitrogens is 1. The number of carbonyl (C=O) groups is 2. The van der Waals surface area contributed by atoms with Crippen LogP contribution in [0, 0.1) is 25.0 Å². The number of urea groups is 1. The molecule has 9 heteroatoms. The first kappa shape index (κ1) is 25.8. The Bertz CT molecular complexity index is 1200. The maximum absolute atomic E-state index is 13.4. The van der Waals surface area contributed by atoms with Gasteiger partial charge in [-0.05, 0) is 69.9 Å². The summed E-state index contributed by atoms with van der Waals surface area (Å²) in [5.41, 5.74) is 2.23. The zero-order valence-electron chi connectivity index (χ0n) is 20.9. The fraction of sp³-hybridized carbons (Fsp3) is 0.407. The molecule has 0 spiro atoms. The number of aromatic nitrogens is 1. The van der Waals surface area contributed by atoms with Crippen molar-refractivity contribution < 1.29 is 23.9 Å². The van der Waals surface area contributed by atoms with Crippen LogP contribution in [-0.4, -0.2) is 64.1 Å². The van der Waals surface area contributed by atoms with E-state index in [0.717, 1.165) is 11.3 Å². The highest BCUT2D eigenvalue weighted by atomic mass is 35.5. The highest BCUT2D eigenvalue weighted by molar-refractivity contribution is 6.30. The van der Waals surface area contributed by atoms with Crippen molar-refractivity contribution in [3.63, 3.8) is 0 Å². The van der Waals surface area contributed by atoms with Gasteiger partial charge in [0.2, 0.25) is 11.7 Å². The first-order valence-electron chi connectivity index (χ1n) is 12.0. The van der Waals surface area contributed by atoms with Gasteiger partial charge < -0.3 is 9.84 Å². The SMILES string of the molecule is Cc1ccc(OC2=NC3=C(CCC2Cc2c#cc(Cl)cc2)C(=O)N(CCC(C)O)C(=O)[N+]3(C)C)cn1. The average Bonchev–Trinajstić information content (AvgIpc) is 3.01. The van der Waals surface area contributed by atoms with Gasteiger partial charge in [0.25, 0.3) is 5.91 Å². The van der Waals surface area contributed by atoms with Crippen molar-refractivity contribution in [3.8, 4) is 5.75 Å². The van der Waals surface area contributed by atoms with Crippen molar-refractivity contribution in [2.75, 3.05) is 20.6 Å². The van der Waals surface area contributed by atoms with Gasteiger partial charge in [-0.1, -0.05) is 17.7 Å². The van der Waals surface area contributed by atoms with Gasteiger partial charge in [-0.15, -0.1) is 0 Å². The minimum Gasteiger partial charge on any atom is -0.441 e. The van der Waals surface area contributed by atoms with Gasteiger partial charge in [-0.25, -0.2) is 9.69 Å². The quantitative estimate of drug-likeness (QED) is 0.592. The van der Waals surface area contributed by atoms with Crippen LogP contribution < -0.4 is 4.74 Å². The Morgan fingerprint density at radius 1 is 1.25 bits per heavy atom. The fourth-order valence-electron chi connectivity index (χ4n) is 4.35. The number of imide groups is 1. The summed E-state index contributed by atoms with van der Waals surface area (Å²) in [4.78, 5) is 37.2. The van der Waals surface area contributed by atoms with Crippen LogP contribution in [0.1, 0.15) is 37.4 Å². The van der Waals surface area contributed by atoms with Gasteiger partial charge in [-0.2, -0.15) is 9.48 Å². The predicted octanol–water partition coefficient (Wildman–Crippen LogP) is 4.09. The normalized spacial score (nSPS) is 20.3. The number of rotatable bonds is 6. The van der Waals surface area contributed by atoms with Crippen molar-refractivity contribution in [3.05, 3.63) is 70.3 Å². The van der Waals surface area contributed by atoms with Gasteiger partial charge >= 0.3 is 6.03 Å². The number of carbonyl (C=O) groups excluding carboxylic acids is 2. The molecule has 3 heterocycles. The van der Waals surface area contributed by atoms with Crippen LogP contribution in [0.5, 0.6) is 5.75 Å². The van der Waals surface area contributed by atoms with E-state index < -0.39 is 12.1 Å². The molecule has 1 aromatic carbocycles. The third-order valence-corrected chi connectivity index (χ3v) is 6.66. The van der Waals surface area contributed by atoms with Crippen molar-refractivity contribution in [1.29, 1.82) is 0 Å². The Labute approximate surface area is 216 Å². The average molecular weight is 510 g/mol. The van der Waals surface area contributed by atoms with Gasteiger partial charge in [0.05, 0.1) is 37.0 Å². The molecule has 0 aliphatic carbocycles. The van der Waals surface area contributed by atoms with E-state index in [2.05, 4.69) is 17.1 Å². The molecule has 2 aromatic rings. The van der Waals surface area contributed by atoms with Crippen molar-refractivity contribution in [2.45, 2.75) is 45.6 Å². The van der Waals surface area contributed by atoms with Crippen molar-refractivity contribution >= 4 is 29.4 Å². The molecule has 8 nitrogen and oxygen atoms in total. The molecule has 0 radical (unpaired) electrons. The van der Waals surface area contributed by atoms with E-state index in [1.807, 2.05) is 25.1 Å². The Hall–Kier alpha value is -3.25. The Balaban J connectivity index is 1.73. The van der Waals surface area contributed by atoms with Crippen LogP contribution in [0.25, 0.3) is 0 Å². The lowest BCUT2D eigenvalue weighted by molar-refractivity contribution is -0.774. The summed E-state index contributed by atoms with van der Waals surface area (Å²) >= 11 is 5.99. The van der Waals surface area contributed by atoms with E-state index in [-0.39, 0.29) is 22.9 Å². The van der Waals surface area contributed by atoms with Crippen LogP contribution >= 0.6 is 11.6 Å². The van der Waals surface area contributed by atoms with Crippen molar-refractivity contribution in [2.24, 2.45) is 10.9 Å². The van der Waals surface area contributed by atoms with Gasteiger partial charge in [-0.3, -0.25) is 9.78 Å². The summed E-state index contributed by atoms with van der Waals surface area (Å²) in [6.07, 6.45) is 2.88. The molecule has 0 saturated heterocycles. The second kappa shape index (κ2) is 10.4. The summed E-state index contributed by atoms with van der Waals surface area (Å²) in [7, 11) is 3.44. The van der Waals surface area contributed by atoms with E-state index >= 15 is 0 Å². The molecular formula is C27H30ClN4O4+. The lowest BCUT2D eigenvalue weighted by atomic mass is 9.93. The van der Waals surface area contributed by atoms with Crippen LogP contribution in [0.3, 0.4) is 0 Å². The van der Waals surface area contributed by atoms with Gasteiger partial charge in [0.1, 0.15) is 5.75 Å². The summed E-state index contributed by atoms with van der Waals surface area (Å²) in [5, 5.41) is 10.2. The molecule has 2 aliphatic rings. The maximum Gasteiger partial charge on any atom is 0.432 e. The number of ether oxygens (including phenoxy) is 1. The predicted molar refractivity (Wildman–Crippen MR) is 135 cm³/mol. The molecule has 4 rings (SSSR count). The maximum atomic E-state index is 13.4. The number of aliphatic hydroxyl groups is 1. The molecule has 2 atom stereocenters. The molecule has 3 amide bonds. The minimum atomic E-state index is -0.622. The topological polar surface area (TPSA) is 92.1 Å². The molecule has 0 fully saturated rings. The molecule has 2 aliphatic heterocycles. The lowest BCUT2D eigenvalue weighted by Crippen LogP contribution is -2.59. The Morgan fingerprint density at radius 3 is 2.67 bits per heavy atom. The fourth-order valence-corrected chi connectivity index (χ4v) is 4.46. The molecular weight excluding hydrogens is 480 g/mol. The number of hydrogen-bond donors (Lipinski definition) is 1. The molecule has 36 heavy (non-hydrogen) atoms. The second-order valence-corrected chi connectivity index (χ2v) is 10.1. The number of aliphatic imine (C=N–C) groups is 1. The first-order chi connectivity index (χ1) is 17.1. The highest BCUT2D eigenvalue weighted by Crippen LogP contribution is 2.35. The summed E-state index contributed by atoms with van der Waals surface area (Å²) < 4.78 is 6.01. The molecule has 1 aromatic heterocycles. The number of hydrogen-bond acceptors (Lipinski definition) is 6. The minimum absolute atomic E-state index is 0.148. The van der Waals surface area contributed by atoms with Crippen LogP contribution in [0.4, 0.5) is 4.79 Å². The van der Waals surface area contributed by atoms with Crippen LogP contribution in [-0.2, 0) is 11.2 Å². The van der Waals surface area contributed by atoms with E-state index in [1.165, 1.54) is 4.90 Å². The number of aliphatic hydroxyl groups excluding tert-OH is 1. The third kappa shape index (κ3) is 5.44. The smallest absolute Gasteiger partial charge is 0.432 e. The largest absolute Gasteiger partial charge is 0.441 e. The third-order valence-electron chi connectivity index (χ3n) is 6.44. The van der Waals surface area contributed by atoms with Crippen LogP contribution in [0.2, 0.25) is 5.02 Å². The number of nitrogens with zero attached hydrogens (tertiary/aromatic N) is 4. The zero-order chi connectivity index (χ0) is 26.0. The van der Waals surface area contributed by atoms with Gasteiger partial charge in [0.15, 0.2) is 0 Å². The molecule has 1 N–H and O–H groups in total. The van der Waals surface area contributed by atoms with Gasteiger partial charge in [0, 0.05) is 23.7 Å².